The predicted molar refractivity (Wildman–Crippen MR) is 124 cm³/mol. The molecule has 11 nitrogen and oxygen atoms in total. The van der Waals surface area contributed by atoms with E-state index in [9.17, 15) is 9.59 Å². The van der Waals surface area contributed by atoms with E-state index in [0.717, 1.165) is 17.5 Å². The second-order valence-electron chi connectivity index (χ2n) is 7.07. The normalized spacial score (nSPS) is 12.1. The molecule has 178 valence electrons. The maximum absolute atomic E-state index is 12.2. The zero-order valence-corrected chi connectivity index (χ0v) is 19.4. The molecule has 4 rings (SSSR count). The number of anilines is 1. The Kier molecular flexibility index (Phi) is 7.38. The lowest BCUT2D eigenvalue weighted by atomic mass is 10.2. The minimum Gasteiger partial charge on any atom is -0.497 e. The highest BCUT2D eigenvalue weighted by atomic mass is 32.2. The van der Waals surface area contributed by atoms with Crippen LogP contribution in [0.15, 0.2) is 47.6 Å². The molecule has 0 spiro atoms. The summed E-state index contributed by atoms with van der Waals surface area (Å²) in [6.07, 6.45) is 0. The molecule has 0 saturated heterocycles. The molecule has 0 fully saturated rings. The van der Waals surface area contributed by atoms with Gasteiger partial charge in [0.2, 0.25) is 5.91 Å². The highest BCUT2D eigenvalue weighted by molar-refractivity contribution is 7.99. The number of methoxy groups -OCH3 is 1. The molecule has 34 heavy (non-hydrogen) atoms. The molecule has 3 aromatic rings. The minimum absolute atomic E-state index is 0.0140. The highest BCUT2D eigenvalue weighted by Crippen LogP contribution is 2.32. The number of ether oxygens (including phenoxy) is 4. The maximum atomic E-state index is 12.2. The number of hydrogen-bond acceptors (Lipinski definition) is 9. The van der Waals surface area contributed by atoms with Gasteiger partial charge in [-0.3, -0.25) is 10.1 Å². The Balaban J connectivity index is 1.23. The number of fused-ring (bicyclic) bond motifs is 1. The van der Waals surface area contributed by atoms with E-state index in [2.05, 4.69) is 20.8 Å². The molecule has 0 bridgehead atoms. The molecule has 2 heterocycles. The fourth-order valence-electron chi connectivity index (χ4n) is 2.99. The third kappa shape index (κ3) is 5.90. The molecule has 3 amide bonds. The Morgan fingerprint density at radius 1 is 1.06 bits per heavy atom. The summed E-state index contributed by atoms with van der Waals surface area (Å²) in [6, 6.07) is 11.6. The average Bonchev–Trinajstić information content (AvgIpc) is 3.20. The first-order valence-electron chi connectivity index (χ1n) is 10.3. The van der Waals surface area contributed by atoms with Crippen molar-refractivity contribution in [3.05, 3.63) is 48.3 Å². The van der Waals surface area contributed by atoms with Crippen LogP contribution in [0.25, 0.3) is 0 Å². The topological polar surface area (TPSA) is 126 Å². The van der Waals surface area contributed by atoms with E-state index in [1.54, 1.807) is 61.2 Å². The Hall–Kier alpha value is -3.93. The second kappa shape index (κ2) is 10.8. The number of hydrogen-bond donors (Lipinski definition) is 2. The molecule has 1 aliphatic rings. The number of amides is 3. The number of benzene rings is 2. The molecule has 0 saturated carbocycles. The van der Waals surface area contributed by atoms with Crippen molar-refractivity contribution in [3.8, 4) is 23.0 Å². The van der Waals surface area contributed by atoms with Crippen molar-refractivity contribution in [2.75, 3.05) is 31.4 Å². The lowest BCUT2D eigenvalue weighted by Gasteiger charge is -2.19. The summed E-state index contributed by atoms with van der Waals surface area (Å²) < 4.78 is 23.5. The average molecular weight is 486 g/mol. The van der Waals surface area contributed by atoms with Crippen molar-refractivity contribution in [1.82, 2.24) is 20.1 Å². The molecule has 12 heteroatoms. The monoisotopic (exact) mass is 485 g/mol. The van der Waals surface area contributed by atoms with Crippen molar-refractivity contribution in [3.63, 3.8) is 0 Å². The largest absolute Gasteiger partial charge is 0.497 e. The van der Waals surface area contributed by atoms with Gasteiger partial charge in [0, 0.05) is 18.8 Å². The van der Waals surface area contributed by atoms with Crippen LogP contribution in [0.4, 0.5) is 10.5 Å². The fourth-order valence-corrected chi connectivity index (χ4v) is 3.72. The van der Waals surface area contributed by atoms with Gasteiger partial charge in [0.1, 0.15) is 31.3 Å². The van der Waals surface area contributed by atoms with Gasteiger partial charge in [-0.1, -0.05) is 11.8 Å². The van der Waals surface area contributed by atoms with E-state index < -0.39 is 11.9 Å². The Labute approximate surface area is 199 Å². The van der Waals surface area contributed by atoms with E-state index in [0.29, 0.717) is 47.1 Å². The summed E-state index contributed by atoms with van der Waals surface area (Å²) in [4.78, 5) is 24.4. The lowest BCUT2D eigenvalue weighted by molar-refractivity contribution is -0.117. The van der Waals surface area contributed by atoms with Crippen molar-refractivity contribution in [1.29, 1.82) is 0 Å². The van der Waals surface area contributed by atoms with E-state index in [1.165, 1.54) is 0 Å². The number of aromatic nitrogens is 3. The zero-order valence-electron chi connectivity index (χ0n) is 18.6. The van der Waals surface area contributed by atoms with Crippen LogP contribution in [0.3, 0.4) is 0 Å². The van der Waals surface area contributed by atoms with Gasteiger partial charge in [0.05, 0.1) is 12.9 Å². The molecule has 0 aliphatic carbocycles. The second-order valence-corrected chi connectivity index (χ2v) is 8.01. The van der Waals surface area contributed by atoms with Gasteiger partial charge in [-0.15, -0.1) is 10.2 Å². The third-order valence-corrected chi connectivity index (χ3v) is 5.76. The van der Waals surface area contributed by atoms with Crippen LogP contribution >= 0.6 is 11.8 Å². The van der Waals surface area contributed by atoms with Gasteiger partial charge in [0.15, 0.2) is 22.5 Å². The van der Waals surface area contributed by atoms with Crippen molar-refractivity contribution >= 4 is 29.4 Å². The molecular weight excluding hydrogens is 462 g/mol. The van der Waals surface area contributed by atoms with Gasteiger partial charge in [-0.05, 0) is 36.4 Å². The van der Waals surface area contributed by atoms with Gasteiger partial charge in [0.25, 0.3) is 0 Å². The van der Waals surface area contributed by atoms with Crippen LogP contribution < -0.4 is 29.6 Å². The minimum atomic E-state index is -0.645. The Morgan fingerprint density at radius 3 is 2.56 bits per heavy atom. The lowest BCUT2D eigenvalue weighted by Crippen LogP contribution is -2.35. The molecular formula is C22H23N5O6S. The molecule has 0 atom stereocenters. The van der Waals surface area contributed by atoms with E-state index in [-0.39, 0.29) is 12.4 Å². The number of nitrogens with one attached hydrogen (secondary N) is 2. The van der Waals surface area contributed by atoms with Gasteiger partial charge >= 0.3 is 6.03 Å². The van der Waals surface area contributed by atoms with Gasteiger partial charge < -0.3 is 28.8 Å². The van der Waals surface area contributed by atoms with E-state index in [1.807, 2.05) is 0 Å². The summed E-state index contributed by atoms with van der Waals surface area (Å²) in [5.74, 6) is 2.67. The standard InChI is InChI=1S/C22H23N5O6S/c1-27-19(12-33-16-6-4-15(30-2)5-7-16)25-26-22(27)34-13-20(28)24-21(29)23-14-3-8-17-18(11-14)32-10-9-31-17/h3-8,11H,9-10,12-13H2,1-2H3,(H2,23,24,28,29). The van der Waals surface area contributed by atoms with Crippen LogP contribution in [-0.4, -0.2) is 52.8 Å². The van der Waals surface area contributed by atoms with Crippen LogP contribution in [0.5, 0.6) is 23.0 Å². The fraction of sp³-hybridized carbons (Fsp3) is 0.273. The van der Waals surface area contributed by atoms with Gasteiger partial charge in [-0.25, -0.2) is 4.79 Å². The quantitative estimate of drug-likeness (QED) is 0.463. The number of carbonyl (C=O) groups excluding carboxylic acids is 2. The molecule has 1 aromatic heterocycles. The van der Waals surface area contributed by atoms with E-state index >= 15 is 0 Å². The SMILES string of the molecule is COc1ccc(OCc2nnc(SCC(=O)NC(=O)Nc3ccc4c(c3)OCCO4)n2C)cc1. The summed E-state index contributed by atoms with van der Waals surface area (Å²) in [6.45, 7) is 1.13. The van der Waals surface area contributed by atoms with Crippen LogP contribution in [0, 0.1) is 0 Å². The third-order valence-electron chi connectivity index (χ3n) is 4.74. The van der Waals surface area contributed by atoms with Gasteiger partial charge in [-0.2, -0.15) is 0 Å². The van der Waals surface area contributed by atoms with Crippen molar-refractivity contribution in [2.45, 2.75) is 11.8 Å². The summed E-state index contributed by atoms with van der Waals surface area (Å²) in [7, 11) is 3.38. The number of nitrogens with zero attached hydrogens (tertiary/aromatic N) is 3. The highest BCUT2D eigenvalue weighted by Gasteiger charge is 2.16. The number of thioether (sulfide) groups is 1. The number of carbonyl (C=O) groups is 2. The summed E-state index contributed by atoms with van der Waals surface area (Å²) in [5, 5.41) is 13.6. The maximum Gasteiger partial charge on any atom is 0.325 e. The molecule has 2 aromatic carbocycles. The first-order valence-corrected chi connectivity index (χ1v) is 11.3. The number of imide groups is 1. The zero-order chi connectivity index (χ0) is 23.9. The van der Waals surface area contributed by atoms with Crippen molar-refractivity contribution < 1.29 is 28.5 Å². The van der Waals surface area contributed by atoms with E-state index in [4.69, 9.17) is 18.9 Å². The van der Waals surface area contributed by atoms with Crippen LogP contribution in [0.2, 0.25) is 0 Å². The molecule has 0 unspecified atom stereocenters. The predicted octanol–water partition coefficient (Wildman–Crippen LogP) is 2.61. The van der Waals surface area contributed by atoms with Crippen LogP contribution in [-0.2, 0) is 18.4 Å². The molecule has 1 aliphatic heterocycles. The smallest absolute Gasteiger partial charge is 0.325 e. The molecule has 2 N–H and O–H groups in total. The summed E-state index contributed by atoms with van der Waals surface area (Å²) >= 11 is 1.16. The first kappa shape index (κ1) is 23.2. The number of rotatable bonds is 8. The van der Waals surface area contributed by atoms with Crippen LogP contribution in [0.1, 0.15) is 5.82 Å². The number of urea groups is 1. The first-order chi connectivity index (χ1) is 16.5. The summed E-state index contributed by atoms with van der Waals surface area (Å²) in [5.41, 5.74) is 0.483. The Morgan fingerprint density at radius 2 is 1.79 bits per heavy atom. The molecule has 0 radical (unpaired) electrons. The van der Waals surface area contributed by atoms with Crippen molar-refractivity contribution in [2.24, 2.45) is 7.05 Å². The Bertz CT molecular complexity index is 1170.